The molecule has 164 valence electrons. The molecular formula is C25H27N5OS. The number of rotatable bonds is 4. The third-order valence-corrected chi connectivity index (χ3v) is 7.25. The number of likely N-dealkylation sites (tertiary alicyclic amines) is 1. The predicted octanol–water partition coefficient (Wildman–Crippen LogP) is 5.63. The summed E-state index contributed by atoms with van der Waals surface area (Å²) in [4.78, 5) is 29.0. The lowest BCUT2D eigenvalue weighted by molar-refractivity contribution is 0.0786. The molecule has 0 spiro atoms. The van der Waals surface area contributed by atoms with Gasteiger partial charge in [0, 0.05) is 51.9 Å². The topological polar surface area (TPSA) is 73.9 Å². The summed E-state index contributed by atoms with van der Waals surface area (Å²) in [7, 11) is 0. The average Bonchev–Trinajstić information content (AvgIpc) is 3.47. The van der Waals surface area contributed by atoms with Crippen LogP contribution in [0, 0.1) is 27.7 Å². The van der Waals surface area contributed by atoms with Crippen molar-refractivity contribution in [1.82, 2.24) is 19.9 Å². The van der Waals surface area contributed by atoms with Crippen molar-refractivity contribution < 1.29 is 4.79 Å². The first-order valence-corrected chi connectivity index (χ1v) is 11.8. The second-order valence-electron chi connectivity index (χ2n) is 8.66. The van der Waals surface area contributed by atoms with E-state index in [1.54, 1.807) is 11.3 Å². The molecule has 0 radical (unpaired) electrons. The monoisotopic (exact) mass is 445 g/mol. The number of fused-ring (bicyclic) bond motifs is 1. The fourth-order valence-corrected chi connectivity index (χ4v) is 5.24. The molecule has 4 heterocycles. The van der Waals surface area contributed by atoms with Gasteiger partial charge in [-0.25, -0.2) is 4.98 Å². The summed E-state index contributed by atoms with van der Waals surface area (Å²) >= 11 is 1.66. The number of aromatic nitrogens is 3. The van der Waals surface area contributed by atoms with Crippen LogP contribution < -0.4 is 5.32 Å². The second-order valence-corrected chi connectivity index (χ2v) is 9.87. The number of aryl methyl sites for hydroxylation is 4. The number of carbonyl (C=O) groups is 1. The Morgan fingerprint density at radius 3 is 2.75 bits per heavy atom. The van der Waals surface area contributed by atoms with Crippen LogP contribution in [-0.4, -0.2) is 38.8 Å². The Morgan fingerprint density at radius 1 is 1.16 bits per heavy atom. The zero-order chi connectivity index (χ0) is 22.4. The van der Waals surface area contributed by atoms with Crippen LogP contribution in [0.15, 0.2) is 36.4 Å². The minimum Gasteiger partial charge on any atom is -0.351 e. The van der Waals surface area contributed by atoms with Crippen molar-refractivity contribution in [2.45, 2.75) is 40.0 Å². The van der Waals surface area contributed by atoms with Gasteiger partial charge in [0.05, 0.1) is 5.69 Å². The number of thiazole rings is 1. The van der Waals surface area contributed by atoms with Crippen LogP contribution in [0.1, 0.15) is 50.3 Å². The first-order valence-electron chi connectivity index (χ1n) is 10.9. The van der Waals surface area contributed by atoms with Gasteiger partial charge in [0.2, 0.25) is 0 Å². The Bertz CT molecular complexity index is 1300. The number of amides is 1. The van der Waals surface area contributed by atoms with E-state index in [0.717, 1.165) is 51.8 Å². The van der Waals surface area contributed by atoms with Crippen molar-refractivity contribution in [3.05, 3.63) is 69.6 Å². The fraction of sp³-hybridized carbons (Fsp3) is 0.320. The lowest BCUT2D eigenvalue weighted by atomic mass is 10.0. The van der Waals surface area contributed by atoms with E-state index >= 15 is 0 Å². The van der Waals surface area contributed by atoms with Crippen molar-refractivity contribution in [2.24, 2.45) is 0 Å². The quantitative estimate of drug-likeness (QED) is 0.427. The van der Waals surface area contributed by atoms with Gasteiger partial charge < -0.3 is 15.2 Å². The summed E-state index contributed by atoms with van der Waals surface area (Å²) in [6, 6.07) is 12.2. The summed E-state index contributed by atoms with van der Waals surface area (Å²) in [5.74, 6) is 0.285. The van der Waals surface area contributed by atoms with Crippen molar-refractivity contribution in [2.75, 3.05) is 18.4 Å². The molecule has 0 aliphatic carbocycles. The van der Waals surface area contributed by atoms with Gasteiger partial charge in [-0.1, -0.05) is 12.1 Å². The zero-order valence-electron chi connectivity index (χ0n) is 18.8. The Labute approximate surface area is 191 Å². The molecule has 1 fully saturated rings. The van der Waals surface area contributed by atoms with E-state index in [2.05, 4.69) is 41.3 Å². The molecule has 2 N–H and O–H groups in total. The maximum absolute atomic E-state index is 13.2. The summed E-state index contributed by atoms with van der Waals surface area (Å²) in [5, 5.41) is 5.44. The van der Waals surface area contributed by atoms with Crippen LogP contribution in [0.5, 0.6) is 0 Å². The second kappa shape index (κ2) is 8.06. The van der Waals surface area contributed by atoms with E-state index in [1.807, 2.05) is 43.0 Å². The smallest absolute Gasteiger partial charge is 0.270 e. The van der Waals surface area contributed by atoms with Gasteiger partial charge >= 0.3 is 0 Å². The number of nitrogens with one attached hydrogen (secondary N) is 2. The first kappa shape index (κ1) is 20.7. The molecular weight excluding hydrogens is 418 g/mol. The zero-order valence-corrected chi connectivity index (χ0v) is 19.6. The van der Waals surface area contributed by atoms with E-state index in [9.17, 15) is 4.79 Å². The predicted molar refractivity (Wildman–Crippen MR) is 130 cm³/mol. The molecule has 5 rings (SSSR count). The third kappa shape index (κ3) is 3.88. The molecule has 1 saturated heterocycles. The number of anilines is 2. The van der Waals surface area contributed by atoms with E-state index in [0.29, 0.717) is 12.2 Å². The molecule has 1 unspecified atom stereocenters. The van der Waals surface area contributed by atoms with Gasteiger partial charge in [-0.2, -0.15) is 0 Å². The Morgan fingerprint density at radius 2 is 2.00 bits per heavy atom. The molecule has 32 heavy (non-hydrogen) atoms. The minimum absolute atomic E-state index is 0.0582. The molecule has 0 saturated carbocycles. The first-order chi connectivity index (χ1) is 15.4. The lowest BCUT2D eigenvalue weighted by Gasteiger charge is -2.16. The third-order valence-electron chi connectivity index (χ3n) is 6.26. The summed E-state index contributed by atoms with van der Waals surface area (Å²) < 4.78 is 0. The van der Waals surface area contributed by atoms with Crippen LogP contribution in [0.3, 0.4) is 0 Å². The van der Waals surface area contributed by atoms with Crippen LogP contribution in [0.2, 0.25) is 0 Å². The lowest BCUT2D eigenvalue weighted by Crippen LogP contribution is -2.28. The molecule has 6 nitrogen and oxygen atoms in total. The number of carbonyl (C=O) groups excluding carboxylic acids is 1. The SMILES string of the molecule is Cc1cc(Nc2nc(C)c(C)s2)cc(C2CCN(C(=O)c3cc4c(C)cccc4[nH]3)C2)n1. The molecule has 1 aromatic carbocycles. The Kier molecular flexibility index (Phi) is 5.21. The fourth-order valence-electron chi connectivity index (χ4n) is 4.40. The minimum atomic E-state index is 0.0582. The molecule has 1 aliphatic heterocycles. The van der Waals surface area contributed by atoms with Crippen molar-refractivity contribution in [3.63, 3.8) is 0 Å². The summed E-state index contributed by atoms with van der Waals surface area (Å²) in [6.07, 6.45) is 0.913. The largest absolute Gasteiger partial charge is 0.351 e. The maximum Gasteiger partial charge on any atom is 0.270 e. The molecule has 1 atom stereocenters. The number of nitrogens with zero attached hydrogens (tertiary/aromatic N) is 3. The number of hydrogen-bond donors (Lipinski definition) is 2. The average molecular weight is 446 g/mol. The highest BCUT2D eigenvalue weighted by atomic mass is 32.1. The van der Waals surface area contributed by atoms with Gasteiger partial charge in [-0.05, 0) is 63.9 Å². The van der Waals surface area contributed by atoms with Crippen molar-refractivity contribution in [1.29, 1.82) is 0 Å². The Balaban J connectivity index is 1.33. The molecule has 3 aromatic heterocycles. The highest BCUT2D eigenvalue weighted by Gasteiger charge is 2.30. The molecule has 7 heteroatoms. The number of hydrogen-bond acceptors (Lipinski definition) is 5. The standard InChI is InChI=1S/C25H27N5OS/c1-14-6-5-7-21-20(14)12-23(29-21)24(31)30-9-8-18(13-30)22-11-19(10-15(2)26-22)28-25-27-16(3)17(4)32-25/h5-7,10-12,18,29H,8-9,13H2,1-4H3,(H,26,27,28). The number of pyridine rings is 1. The highest BCUT2D eigenvalue weighted by molar-refractivity contribution is 7.15. The molecule has 4 aromatic rings. The number of H-pyrrole nitrogens is 1. The Hall–Kier alpha value is -3.19. The van der Waals surface area contributed by atoms with E-state index in [-0.39, 0.29) is 11.8 Å². The van der Waals surface area contributed by atoms with E-state index in [4.69, 9.17) is 4.98 Å². The van der Waals surface area contributed by atoms with E-state index in [1.165, 1.54) is 10.4 Å². The summed E-state index contributed by atoms with van der Waals surface area (Å²) in [5.41, 5.74) is 6.88. The highest BCUT2D eigenvalue weighted by Crippen LogP contribution is 2.31. The molecule has 1 amide bonds. The van der Waals surface area contributed by atoms with Gasteiger partial charge in [0.15, 0.2) is 5.13 Å². The van der Waals surface area contributed by atoms with Crippen LogP contribution in [0.25, 0.3) is 10.9 Å². The normalized spacial score (nSPS) is 16.1. The molecule has 0 bridgehead atoms. The number of aromatic amines is 1. The number of benzene rings is 1. The van der Waals surface area contributed by atoms with Crippen molar-refractivity contribution >= 4 is 39.0 Å². The maximum atomic E-state index is 13.2. The van der Waals surface area contributed by atoms with Gasteiger partial charge in [-0.15, -0.1) is 11.3 Å². The van der Waals surface area contributed by atoms with Crippen molar-refractivity contribution in [3.8, 4) is 0 Å². The van der Waals surface area contributed by atoms with Crippen LogP contribution in [0.4, 0.5) is 10.8 Å². The van der Waals surface area contributed by atoms with Gasteiger partial charge in [0.25, 0.3) is 5.91 Å². The van der Waals surface area contributed by atoms with Crippen LogP contribution in [-0.2, 0) is 0 Å². The molecule has 1 aliphatic rings. The van der Waals surface area contributed by atoms with Gasteiger partial charge in [0.1, 0.15) is 5.69 Å². The van der Waals surface area contributed by atoms with Gasteiger partial charge in [-0.3, -0.25) is 9.78 Å². The van der Waals surface area contributed by atoms with E-state index < -0.39 is 0 Å². The van der Waals surface area contributed by atoms with Crippen LogP contribution >= 0.6 is 11.3 Å². The summed E-state index contributed by atoms with van der Waals surface area (Å²) in [6.45, 7) is 9.61.